The summed E-state index contributed by atoms with van der Waals surface area (Å²) in [6.45, 7) is -0.489. The van der Waals surface area contributed by atoms with Gasteiger partial charge in [0.05, 0.1) is 0 Å². The summed E-state index contributed by atoms with van der Waals surface area (Å²) < 4.78 is 5.62. The van der Waals surface area contributed by atoms with Gasteiger partial charge in [0.1, 0.15) is 0 Å². The van der Waals surface area contributed by atoms with Crippen LogP contribution in [-0.2, 0) is 0 Å². The van der Waals surface area contributed by atoms with E-state index >= 15 is 0 Å². The van der Waals surface area contributed by atoms with E-state index in [4.69, 9.17) is 4.74 Å². The topological polar surface area (TPSA) is 9.23 Å². The standard InChI is InChI=1S/C26H25OP.ClH/c1-27-22-13-12-20-26(21-22)28(2,23-14-6-3-7-15-23,24-16-8-4-9-17-24)25-18-10-5-11-19-25;/h3-21H,1-2H3;1H. The van der Waals surface area contributed by atoms with Crippen LogP contribution < -0.4 is 26.0 Å². The Labute approximate surface area is 179 Å². The third kappa shape index (κ3) is 3.25. The zero-order valence-corrected chi connectivity index (χ0v) is 18.4. The van der Waals surface area contributed by atoms with Crippen LogP contribution in [0.2, 0.25) is 0 Å². The molecule has 0 N–H and O–H groups in total. The maximum atomic E-state index is 5.62. The van der Waals surface area contributed by atoms with Gasteiger partial charge in [0.2, 0.25) is 0 Å². The molecule has 29 heavy (non-hydrogen) atoms. The zero-order chi connectivity index (χ0) is 19.5. The normalized spacial score (nSPS) is 12.3. The first-order valence-electron chi connectivity index (χ1n) is 9.51. The Hall–Kier alpha value is -2.60. The maximum absolute atomic E-state index is 5.62. The van der Waals surface area contributed by atoms with Gasteiger partial charge >= 0.3 is 167 Å². The first-order valence-corrected chi connectivity index (χ1v) is 12.2. The molecule has 148 valence electrons. The van der Waals surface area contributed by atoms with Crippen molar-refractivity contribution in [3.8, 4) is 5.75 Å². The second-order valence-corrected chi connectivity index (χ2v) is 12.5. The van der Waals surface area contributed by atoms with Crippen LogP contribution in [0.15, 0.2) is 115 Å². The summed E-state index contributed by atoms with van der Waals surface area (Å²) >= 11 is 0. The van der Waals surface area contributed by atoms with Crippen LogP contribution in [-0.4, -0.2) is 13.8 Å². The smallest absolute Gasteiger partial charge is 0.147 e. The Morgan fingerprint density at radius 3 is 1.28 bits per heavy atom. The van der Waals surface area contributed by atoms with Gasteiger partial charge in [0.25, 0.3) is 0 Å². The third-order valence-electron chi connectivity index (χ3n) is 5.90. The molecule has 0 heterocycles. The van der Waals surface area contributed by atoms with Crippen molar-refractivity contribution in [2.75, 3.05) is 13.8 Å². The molecule has 0 fully saturated rings. The fraction of sp³-hybridized carbons (Fsp3) is 0.0769. The molecule has 4 aromatic rings. The fourth-order valence-electron chi connectivity index (χ4n) is 4.25. The molecule has 0 saturated carbocycles. The Balaban J connectivity index is 0.00000240. The van der Waals surface area contributed by atoms with Gasteiger partial charge in [-0.15, -0.1) is 12.4 Å². The number of benzene rings is 4. The van der Waals surface area contributed by atoms with Crippen molar-refractivity contribution >= 4 is 40.2 Å². The molecule has 3 heteroatoms. The second-order valence-electron chi connectivity index (χ2n) is 7.27. The Morgan fingerprint density at radius 1 is 0.517 bits per heavy atom. The molecule has 4 rings (SSSR count). The van der Waals surface area contributed by atoms with Crippen LogP contribution in [0.1, 0.15) is 0 Å². The molecule has 0 unspecified atom stereocenters. The summed E-state index contributed by atoms with van der Waals surface area (Å²) in [5.41, 5.74) is 0. The molecular weight excluding hydrogens is 395 g/mol. The number of halogens is 1. The molecule has 0 atom stereocenters. The molecule has 0 aliphatic heterocycles. The van der Waals surface area contributed by atoms with Gasteiger partial charge in [0, 0.05) is 0 Å². The van der Waals surface area contributed by atoms with E-state index in [1.54, 1.807) is 7.11 Å². The van der Waals surface area contributed by atoms with Crippen molar-refractivity contribution in [2.24, 2.45) is 0 Å². The summed E-state index contributed by atoms with van der Waals surface area (Å²) in [5, 5.41) is 5.34. The molecule has 0 saturated heterocycles. The van der Waals surface area contributed by atoms with Crippen LogP contribution in [0.5, 0.6) is 5.75 Å². The minimum atomic E-state index is -2.95. The van der Waals surface area contributed by atoms with Gasteiger partial charge in [-0.3, -0.25) is 0 Å². The number of hydrogen-bond donors (Lipinski definition) is 0. The first kappa shape index (κ1) is 21.1. The molecule has 0 spiro atoms. The SMILES string of the molecule is COc1cccc(P(C)(c2ccccc2)(c2ccccc2)c2ccccc2)c1.Cl. The number of hydrogen-bond acceptors (Lipinski definition) is 1. The molecule has 4 aromatic carbocycles. The van der Waals surface area contributed by atoms with E-state index in [1.165, 1.54) is 21.2 Å². The van der Waals surface area contributed by atoms with Gasteiger partial charge in [-0.1, -0.05) is 0 Å². The monoisotopic (exact) mass is 420 g/mol. The Kier molecular flexibility index (Phi) is 6.13. The Morgan fingerprint density at radius 2 is 0.897 bits per heavy atom. The summed E-state index contributed by atoms with van der Waals surface area (Å²) in [7, 11) is 1.73. The van der Waals surface area contributed by atoms with E-state index in [9.17, 15) is 0 Å². The second kappa shape index (κ2) is 8.41. The molecule has 0 aliphatic rings. The average molecular weight is 421 g/mol. The molecule has 0 bridgehead atoms. The number of rotatable bonds is 5. The predicted octanol–water partition coefficient (Wildman–Crippen LogP) is 4.90. The number of ether oxygens (including phenoxy) is 1. The molecule has 0 radical (unpaired) electrons. The summed E-state index contributed by atoms with van der Waals surface area (Å²) in [4.78, 5) is 0. The molecule has 0 aliphatic carbocycles. The van der Waals surface area contributed by atoms with E-state index in [-0.39, 0.29) is 12.4 Å². The first-order chi connectivity index (χ1) is 13.7. The Bertz CT molecular complexity index is 966. The summed E-state index contributed by atoms with van der Waals surface area (Å²) in [6.07, 6.45) is 0. The van der Waals surface area contributed by atoms with E-state index < -0.39 is 6.60 Å². The largest absolute Gasteiger partial charge is 0.147 e. The maximum Gasteiger partial charge on any atom is -0.147 e. The minimum Gasteiger partial charge on any atom is -0.147 e. The molecule has 0 aromatic heterocycles. The van der Waals surface area contributed by atoms with E-state index in [0.29, 0.717) is 0 Å². The molecule has 0 amide bonds. The van der Waals surface area contributed by atoms with E-state index in [2.05, 4.69) is 116 Å². The van der Waals surface area contributed by atoms with Crippen molar-refractivity contribution in [2.45, 2.75) is 0 Å². The quantitative estimate of drug-likeness (QED) is 0.417. The van der Waals surface area contributed by atoms with Gasteiger partial charge in [-0.2, -0.15) is 0 Å². The van der Waals surface area contributed by atoms with Crippen molar-refractivity contribution < 1.29 is 4.74 Å². The zero-order valence-electron chi connectivity index (χ0n) is 16.7. The van der Waals surface area contributed by atoms with Crippen molar-refractivity contribution in [1.29, 1.82) is 0 Å². The van der Waals surface area contributed by atoms with Crippen molar-refractivity contribution in [3.05, 3.63) is 115 Å². The molecular formula is C26H26ClOP. The van der Waals surface area contributed by atoms with Gasteiger partial charge in [0.15, 0.2) is 0 Å². The van der Waals surface area contributed by atoms with Crippen LogP contribution in [0.4, 0.5) is 0 Å². The van der Waals surface area contributed by atoms with Crippen molar-refractivity contribution in [1.82, 2.24) is 0 Å². The summed E-state index contributed by atoms with van der Waals surface area (Å²) in [5.74, 6) is 0.885. The third-order valence-corrected chi connectivity index (χ3v) is 12.2. The van der Waals surface area contributed by atoms with Gasteiger partial charge < -0.3 is 0 Å². The van der Waals surface area contributed by atoms with Gasteiger partial charge in [-0.25, -0.2) is 0 Å². The van der Waals surface area contributed by atoms with E-state index in [1.807, 2.05) is 6.07 Å². The van der Waals surface area contributed by atoms with Crippen LogP contribution in [0.25, 0.3) is 0 Å². The molecule has 1 nitrogen and oxygen atoms in total. The predicted molar refractivity (Wildman–Crippen MR) is 131 cm³/mol. The van der Waals surface area contributed by atoms with Crippen LogP contribution in [0, 0.1) is 0 Å². The van der Waals surface area contributed by atoms with Crippen molar-refractivity contribution in [3.63, 3.8) is 0 Å². The van der Waals surface area contributed by atoms with Crippen LogP contribution >= 0.6 is 19.0 Å². The van der Waals surface area contributed by atoms with Gasteiger partial charge in [-0.05, 0) is 0 Å². The number of methoxy groups -OCH3 is 1. The average Bonchev–Trinajstić information content (AvgIpc) is 2.80. The van der Waals surface area contributed by atoms with E-state index in [0.717, 1.165) is 5.75 Å². The minimum absolute atomic E-state index is 0. The van der Waals surface area contributed by atoms with Crippen LogP contribution in [0.3, 0.4) is 0 Å². The summed E-state index contributed by atoms with van der Waals surface area (Å²) in [6, 6.07) is 41.4. The fourth-order valence-corrected chi connectivity index (χ4v) is 9.70.